The lowest BCUT2D eigenvalue weighted by Gasteiger charge is -2.01. The van der Waals surface area contributed by atoms with Gasteiger partial charge in [-0.15, -0.1) is 0 Å². The third-order valence-electron chi connectivity index (χ3n) is 3.09. The Morgan fingerprint density at radius 3 is 2.64 bits per heavy atom. The number of rotatable bonds is 4. The molecule has 1 heterocycles. The molecule has 0 bridgehead atoms. The van der Waals surface area contributed by atoms with Crippen molar-refractivity contribution in [3.8, 4) is 5.95 Å². The standard InChI is InChI=1S/C16H11Cl2NO3/c17-13-6-5-10(7-14(13)18)9-21-19-8-15-11-3-1-2-4-12(11)16(20)22-15/h1-8,20H,9H2. The van der Waals surface area contributed by atoms with Gasteiger partial charge in [-0.1, -0.05) is 52.6 Å². The number of benzene rings is 2. The SMILES string of the molecule is Oc1oc(C=NOCc2ccc(Cl)c(Cl)c2)c2ccccc12. The molecule has 0 aliphatic rings. The molecule has 3 rings (SSSR count). The first-order valence-corrected chi connectivity index (χ1v) is 7.20. The number of hydrogen-bond donors (Lipinski definition) is 1. The number of aromatic hydroxyl groups is 1. The molecular weight excluding hydrogens is 325 g/mol. The predicted octanol–water partition coefficient (Wildman–Crippen LogP) is 5.00. The van der Waals surface area contributed by atoms with Gasteiger partial charge in [0.2, 0.25) is 0 Å². The molecule has 1 N–H and O–H groups in total. The molecule has 22 heavy (non-hydrogen) atoms. The van der Waals surface area contributed by atoms with Crippen molar-refractivity contribution in [2.45, 2.75) is 6.61 Å². The van der Waals surface area contributed by atoms with Crippen LogP contribution in [0.2, 0.25) is 10.0 Å². The molecule has 0 aliphatic heterocycles. The fourth-order valence-corrected chi connectivity index (χ4v) is 2.34. The highest BCUT2D eigenvalue weighted by Gasteiger charge is 2.09. The van der Waals surface area contributed by atoms with Crippen molar-refractivity contribution in [3.63, 3.8) is 0 Å². The molecule has 3 aromatic rings. The van der Waals surface area contributed by atoms with Gasteiger partial charge in [-0.25, -0.2) is 0 Å². The van der Waals surface area contributed by atoms with Crippen molar-refractivity contribution in [2.75, 3.05) is 0 Å². The summed E-state index contributed by atoms with van der Waals surface area (Å²) in [4.78, 5) is 5.20. The van der Waals surface area contributed by atoms with Crippen molar-refractivity contribution in [2.24, 2.45) is 5.16 Å². The molecule has 6 heteroatoms. The van der Waals surface area contributed by atoms with Gasteiger partial charge in [0.15, 0.2) is 5.76 Å². The number of fused-ring (bicyclic) bond motifs is 1. The van der Waals surface area contributed by atoms with E-state index in [0.29, 0.717) is 21.2 Å². The Hall–Kier alpha value is -2.17. The molecule has 4 nitrogen and oxygen atoms in total. The molecule has 1 aromatic heterocycles. The lowest BCUT2D eigenvalue weighted by atomic mass is 10.2. The quantitative estimate of drug-likeness (QED) is 0.539. The number of oxime groups is 1. The van der Waals surface area contributed by atoms with E-state index in [1.165, 1.54) is 6.21 Å². The largest absolute Gasteiger partial charge is 0.480 e. The van der Waals surface area contributed by atoms with E-state index in [9.17, 15) is 5.11 Å². The van der Waals surface area contributed by atoms with Crippen LogP contribution < -0.4 is 0 Å². The summed E-state index contributed by atoms with van der Waals surface area (Å²) in [5.41, 5.74) is 0.846. The zero-order valence-electron chi connectivity index (χ0n) is 11.3. The Kier molecular flexibility index (Phi) is 4.22. The summed E-state index contributed by atoms with van der Waals surface area (Å²) in [6.45, 7) is 0.248. The van der Waals surface area contributed by atoms with Crippen LogP contribution in [0.15, 0.2) is 52.0 Å². The molecule has 0 unspecified atom stereocenters. The zero-order chi connectivity index (χ0) is 15.5. The van der Waals surface area contributed by atoms with Crippen LogP contribution in [-0.4, -0.2) is 11.3 Å². The van der Waals surface area contributed by atoms with Gasteiger partial charge in [0, 0.05) is 5.39 Å². The maximum atomic E-state index is 9.69. The van der Waals surface area contributed by atoms with Crippen LogP contribution in [0.25, 0.3) is 10.8 Å². The topological polar surface area (TPSA) is 55.0 Å². The number of hydrogen-bond acceptors (Lipinski definition) is 4. The van der Waals surface area contributed by atoms with Crippen LogP contribution >= 0.6 is 23.2 Å². The molecule has 0 amide bonds. The molecule has 0 spiro atoms. The third kappa shape index (κ3) is 3.03. The maximum absolute atomic E-state index is 9.69. The Labute approximate surface area is 136 Å². The highest BCUT2D eigenvalue weighted by molar-refractivity contribution is 6.42. The maximum Gasteiger partial charge on any atom is 0.290 e. The van der Waals surface area contributed by atoms with Gasteiger partial charge in [0.1, 0.15) is 12.8 Å². The zero-order valence-corrected chi connectivity index (χ0v) is 12.8. The van der Waals surface area contributed by atoms with Crippen LogP contribution in [0.4, 0.5) is 0 Å². The van der Waals surface area contributed by atoms with Crippen molar-refractivity contribution < 1.29 is 14.4 Å². The van der Waals surface area contributed by atoms with Gasteiger partial charge >= 0.3 is 0 Å². The predicted molar refractivity (Wildman–Crippen MR) is 86.7 cm³/mol. The minimum absolute atomic E-state index is 0.137. The Morgan fingerprint density at radius 1 is 1.09 bits per heavy atom. The number of furan rings is 1. The summed E-state index contributed by atoms with van der Waals surface area (Å²) in [6.07, 6.45) is 1.42. The van der Waals surface area contributed by atoms with E-state index >= 15 is 0 Å². The van der Waals surface area contributed by atoms with Crippen LogP contribution in [-0.2, 0) is 11.4 Å². The van der Waals surface area contributed by atoms with Gasteiger partial charge < -0.3 is 14.4 Å². The van der Waals surface area contributed by atoms with Gasteiger partial charge in [-0.3, -0.25) is 0 Å². The van der Waals surface area contributed by atoms with E-state index < -0.39 is 0 Å². The first kappa shape index (κ1) is 14.8. The average Bonchev–Trinajstić information content (AvgIpc) is 2.84. The second kappa shape index (κ2) is 6.30. The Bertz CT molecular complexity index is 843. The summed E-state index contributed by atoms with van der Waals surface area (Å²) in [7, 11) is 0. The molecule has 2 aromatic carbocycles. The fraction of sp³-hybridized carbons (Fsp3) is 0.0625. The second-order valence-electron chi connectivity index (χ2n) is 4.57. The highest BCUT2D eigenvalue weighted by Crippen LogP contribution is 2.29. The first-order chi connectivity index (χ1) is 10.6. The van der Waals surface area contributed by atoms with E-state index in [-0.39, 0.29) is 12.6 Å². The van der Waals surface area contributed by atoms with Crippen molar-refractivity contribution in [3.05, 3.63) is 63.8 Å². The number of halogens is 2. The summed E-state index contributed by atoms with van der Waals surface area (Å²) in [6, 6.07) is 12.5. The molecular formula is C16H11Cl2NO3. The summed E-state index contributed by atoms with van der Waals surface area (Å²) >= 11 is 11.8. The van der Waals surface area contributed by atoms with Crippen LogP contribution in [0.5, 0.6) is 5.95 Å². The van der Waals surface area contributed by atoms with Crippen LogP contribution in [0.3, 0.4) is 0 Å². The van der Waals surface area contributed by atoms with E-state index in [2.05, 4.69) is 5.16 Å². The summed E-state index contributed by atoms with van der Waals surface area (Å²) < 4.78 is 5.24. The summed E-state index contributed by atoms with van der Waals surface area (Å²) in [5.74, 6) is 0.295. The molecule has 0 fully saturated rings. The Morgan fingerprint density at radius 2 is 1.86 bits per heavy atom. The van der Waals surface area contributed by atoms with Gasteiger partial charge in [-0.2, -0.15) is 0 Å². The normalized spacial score (nSPS) is 11.4. The smallest absolute Gasteiger partial charge is 0.290 e. The van der Waals surface area contributed by atoms with Gasteiger partial charge in [-0.05, 0) is 23.8 Å². The highest BCUT2D eigenvalue weighted by atomic mass is 35.5. The van der Waals surface area contributed by atoms with Crippen LogP contribution in [0.1, 0.15) is 11.3 Å². The third-order valence-corrected chi connectivity index (χ3v) is 3.83. The van der Waals surface area contributed by atoms with Crippen molar-refractivity contribution in [1.29, 1.82) is 0 Å². The molecule has 0 saturated heterocycles. The fourth-order valence-electron chi connectivity index (χ4n) is 2.02. The molecule has 0 saturated carbocycles. The average molecular weight is 336 g/mol. The minimum Gasteiger partial charge on any atom is -0.480 e. The van der Waals surface area contributed by atoms with Crippen molar-refractivity contribution >= 4 is 40.2 Å². The van der Waals surface area contributed by atoms with Gasteiger partial charge in [0.25, 0.3) is 5.95 Å². The molecule has 0 aliphatic carbocycles. The van der Waals surface area contributed by atoms with E-state index in [1.54, 1.807) is 24.3 Å². The molecule has 0 atom stereocenters. The van der Waals surface area contributed by atoms with E-state index in [4.69, 9.17) is 32.5 Å². The molecule has 112 valence electrons. The van der Waals surface area contributed by atoms with Crippen LogP contribution in [0, 0.1) is 0 Å². The molecule has 0 radical (unpaired) electrons. The number of nitrogens with zero attached hydrogens (tertiary/aromatic N) is 1. The first-order valence-electron chi connectivity index (χ1n) is 6.45. The summed E-state index contributed by atoms with van der Waals surface area (Å²) in [5, 5.41) is 15.9. The monoisotopic (exact) mass is 335 g/mol. The van der Waals surface area contributed by atoms with E-state index in [0.717, 1.165) is 10.9 Å². The van der Waals surface area contributed by atoms with Crippen molar-refractivity contribution in [1.82, 2.24) is 0 Å². The lowest BCUT2D eigenvalue weighted by molar-refractivity contribution is 0.132. The van der Waals surface area contributed by atoms with Gasteiger partial charge in [0.05, 0.1) is 15.4 Å². The lowest BCUT2D eigenvalue weighted by Crippen LogP contribution is -1.88. The van der Waals surface area contributed by atoms with E-state index in [1.807, 2.05) is 18.2 Å². The minimum atomic E-state index is -0.137. The second-order valence-corrected chi connectivity index (χ2v) is 5.39. The Balaban J connectivity index is 1.70.